The van der Waals surface area contributed by atoms with E-state index >= 15 is 0 Å². The summed E-state index contributed by atoms with van der Waals surface area (Å²) >= 11 is 0. The molecule has 118 valence electrons. The number of amides is 1. The molecule has 1 saturated carbocycles. The van der Waals surface area contributed by atoms with Crippen LogP contribution in [-0.4, -0.2) is 35.4 Å². The zero-order valence-electron chi connectivity index (χ0n) is 13.4. The number of rotatable bonds is 7. The molecule has 2 unspecified atom stereocenters. The molecule has 4 heteroatoms. The Balaban J connectivity index is 2.42. The molecule has 2 atom stereocenters. The smallest absolute Gasteiger partial charge is 0.249 e. The molecule has 0 aromatic carbocycles. The minimum Gasteiger partial charge on any atom is -0.388 e. The van der Waals surface area contributed by atoms with Crippen LogP contribution in [0.4, 0.5) is 0 Å². The summed E-state index contributed by atoms with van der Waals surface area (Å²) in [6.45, 7) is 7.88. The molecule has 1 fully saturated rings. The van der Waals surface area contributed by atoms with E-state index in [1.165, 1.54) is 19.3 Å². The summed E-state index contributed by atoms with van der Waals surface area (Å²) in [7, 11) is 0. The Bertz CT molecular complexity index is 296. The maximum absolute atomic E-state index is 12.2. The topological polar surface area (TPSA) is 58.6 Å². The maximum atomic E-state index is 12.2. The predicted octanol–water partition coefficient (Wildman–Crippen LogP) is 2.64. The highest BCUT2D eigenvalue weighted by Gasteiger charge is 2.28. The molecule has 1 aliphatic carbocycles. The lowest BCUT2D eigenvalue weighted by Crippen LogP contribution is -2.48. The molecule has 0 spiro atoms. The minimum atomic E-state index is -0.876. The number of aliphatic hydroxyl groups is 1. The van der Waals surface area contributed by atoms with E-state index in [4.69, 9.17) is 4.74 Å². The molecule has 2 N–H and O–H groups in total. The third-order valence-corrected chi connectivity index (χ3v) is 4.44. The first kappa shape index (κ1) is 17.4. The van der Waals surface area contributed by atoms with Crippen molar-refractivity contribution in [2.45, 2.75) is 84.0 Å². The Labute approximate surface area is 123 Å². The van der Waals surface area contributed by atoms with Gasteiger partial charge < -0.3 is 15.2 Å². The summed E-state index contributed by atoms with van der Waals surface area (Å²) < 4.78 is 5.93. The summed E-state index contributed by atoms with van der Waals surface area (Å²) in [5, 5.41) is 13.0. The van der Waals surface area contributed by atoms with Crippen molar-refractivity contribution in [3.8, 4) is 0 Å². The van der Waals surface area contributed by atoms with E-state index in [1.807, 2.05) is 20.8 Å². The Morgan fingerprint density at radius 1 is 1.35 bits per heavy atom. The van der Waals surface area contributed by atoms with Gasteiger partial charge in [-0.05, 0) is 32.1 Å². The molecule has 4 nitrogen and oxygen atoms in total. The zero-order chi connectivity index (χ0) is 15.2. The van der Waals surface area contributed by atoms with Crippen LogP contribution < -0.4 is 5.32 Å². The van der Waals surface area contributed by atoms with Crippen LogP contribution in [0.2, 0.25) is 0 Å². The van der Waals surface area contributed by atoms with Crippen LogP contribution in [0.25, 0.3) is 0 Å². The van der Waals surface area contributed by atoms with Crippen molar-refractivity contribution in [1.82, 2.24) is 5.32 Å². The van der Waals surface area contributed by atoms with Crippen LogP contribution in [0, 0.1) is 5.92 Å². The van der Waals surface area contributed by atoms with Crippen molar-refractivity contribution >= 4 is 5.91 Å². The fraction of sp³-hybridized carbons (Fsp3) is 0.938. The van der Waals surface area contributed by atoms with Gasteiger partial charge in [-0.2, -0.15) is 0 Å². The SMILES string of the molecule is CCC(OC1CCCCC1)C(=O)NCC(C)(O)C(C)C. The van der Waals surface area contributed by atoms with Crippen LogP contribution in [0.5, 0.6) is 0 Å². The first-order valence-corrected chi connectivity index (χ1v) is 8.02. The molecular weight excluding hydrogens is 254 g/mol. The van der Waals surface area contributed by atoms with Crippen LogP contribution in [0.3, 0.4) is 0 Å². The monoisotopic (exact) mass is 285 g/mol. The van der Waals surface area contributed by atoms with Gasteiger partial charge in [-0.15, -0.1) is 0 Å². The van der Waals surface area contributed by atoms with Crippen molar-refractivity contribution < 1.29 is 14.6 Å². The highest BCUT2D eigenvalue weighted by Crippen LogP contribution is 2.22. The zero-order valence-corrected chi connectivity index (χ0v) is 13.4. The highest BCUT2D eigenvalue weighted by atomic mass is 16.5. The van der Waals surface area contributed by atoms with Crippen LogP contribution in [0.1, 0.15) is 66.2 Å². The molecule has 0 radical (unpaired) electrons. The molecular formula is C16H31NO3. The van der Waals surface area contributed by atoms with E-state index < -0.39 is 5.60 Å². The second kappa shape index (κ2) is 7.99. The molecule has 0 saturated heterocycles. The van der Waals surface area contributed by atoms with Gasteiger partial charge in [-0.1, -0.05) is 40.0 Å². The molecule has 1 rings (SSSR count). The summed E-state index contributed by atoms with van der Waals surface area (Å²) in [6, 6.07) is 0. The van der Waals surface area contributed by atoms with Crippen LogP contribution in [-0.2, 0) is 9.53 Å². The molecule has 0 heterocycles. The summed E-state index contributed by atoms with van der Waals surface area (Å²) in [5.41, 5.74) is -0.876. The van der Waals surface area contributed by atoms with Gasteiger partial charge in [0.25, 0.3) is 0 Å². The van der Waals surface area contributed by atoms with Crippen molar-refractivity contribution in [3.05, 3.63) is 0 Å². The lowest BCUT2D eigenvalue weighted by molar-refractivity contribution is -0.139. The quantitative estimate of drug-likeness (QED) is 0.756. The molecule has 0 bridgehead atoms. The Kier molecular flexibility index (Phi) is 6.96. The van der Waals surface area contributed by atoms with E-state index in [9.17, 15) is 9.90 Å². The Morgan fingerprint density at radius 3 is 2.45 bits per heavy atom. The van der Waals surface area contributed by atoms with Gasteiger partial charge in [0, 0.05) is 6.54 Å². The average Bonchev–Trinajstić information content (AvgIpc) is 2.43. The van der Waals surface area contributed by atoms with E-state index in [0.717, 1.165) is 12.8 Å². The maximum Gasteiger partial charge on any atom is 0.249 e. The highest BCUT2D eigenvalue weighted by molar-refractivity contribution is 5.80. The van der Waals surface area contributed by atoms with Crippen molar-refractivity contribution in [1.29, 1.82) is 0 Å². The van der Waals surface area contributed by atoms with E-state index in [2.05, 4.69) is 5.32 Å². The predicted molar refractivity (Wildman–Crippen MR) is 80.5 cm³/mol. The second-order valence-corrected chi connectivity index (χ2v) is 6.52. The third-order valence-electron chi connectivity index (χ3n) is 4.44. The fourth-order valence-electron chi connectivity index (χ4n) is 2.36. The van der Waals surface area contributed by atoms with Gasteiger partial charge in [0.1, 0.15) is 6.10 Å². The normalized spacial score (nSPS) is 21.5. The Morgan fingerprint density at radius 2 is 1.95 bits per heavy atom. The summed E-state index contributed by atoms with van der Waals surface area (Å²) in [4.78, 5) is 12.2. The molecule has 0 aliphatic heterocycles. The van der Waals surface area contributed by atoms with Crippen LogP contribution >= 0.6 is 0 Å². The third kappa shape index (κ3) is 5.41. The standard InChI is InChI=1S/C16H31NO3/c1-5-14(20-13-9-7-6-8-10-13)15(18)17-11-16(4,19)12(2)3/h12-14,19H,5-11H2,1-4H3,(H,17,18). The van der Waals surface area contributed by atoms with E-state index in [0.29, 0.717) is 6.42 Å². The Hall–Kier alpha value is -0.610. The summed E-state index contributed by atoms with van der Waals surface area (Å²) in [5.74, 6) is 0.00105. The van der Waals surface area contributed by atoms with Gasteiger partial charge in [0.2, 0.25) is 5.91 Å². The van der Waals surface area contributed by atoms with Crippen LogP contribution in [0.15, 0.2) is 0 Å². The number of ether oxygens (including phenoxy) is 1. The van der Waals surface area contributed by atoms with E-state index in [-0.39, 0.29) is 30.6 Å². The number of carbonyl (C=O) groups excluding carboxylic acids is 1. The number of nitrogens with one attached hydrogen (secondary N) is 1. The van der Waals surface area contributed by atoms with Gasteiger partial charge in [-0.25, -0.2) is 0 Å². The molecule has 0 aromatic heterocycles. The molecule has 1 amide bonds. The van der Waals surface area contributed by atoms with Gasteiger partial charge in [0.05, 0.1) is 11.7 Å². The minimum absolute atomic E-state index is 0.0981. The first-order valence-electron chi connectivity index (χ1n) is 8.02. The molecule has 20 heavy (non-hydrogen) atoms. The number of carbonyl (C=O) groups is 1. The number of hydrogen-bond donors (Lipinski definition) is 2. The number of hydrogen-bond acceptors (Lipinski definition) is 3. The van der Waals surface area contributed by atoms with Gasteiger partial charge in [-0.3, -0.25) is 4.79 Å². The fourth-order valence-corrected chi connectivity index (χ4v) is 2.36. The second-order valence-electron chi connectivity index (χ2n) is 6.52. The van der Waals surface area contributed by atoms with Crippen molar-refractivity contribution in [3.63, 3.8) is 0 Å². The summed E-state index contributed by atoms with van der Waals surface area (Å²) in [6.07, 6.45) is 6.31. The average molecular weight is 285 g/mol. The molecule has 0 aromatic rings. The first-order chi connectivity index (χ1) is 9.36. The lowest BCUT2D eigenvalue weighted by atomic mass is 9.92. The molecule has 1 aliphatic rings. The largest absolute Gasteiger partial charge is 0.388 e. The van der Waals surface area contributed by atoms with Crippen molar-refractivity contribution in [2.75, 3.05) is 6.54 Å². The van der Waals surface area contributed by atoms with Gasteiger partial charge >= 0.3 is 0 Å². The van der Waals surface area contributed by atoms with Crippen molar-refractivity contribution in [2.24, 2.45) is 5.92 Å². The van der Waals surface area contributed by atoms with Gasteiger partial charge in [0.15, 0.2) is 0 Å². The lowest BCUT2D eigenvalue weighted by Gasteiger charge is -2.30. The van der Waals surface area contributed by atoms with E-state index in [1.54, 1.807) is 6.92 Å².